The molecule has 3 N–H and O–H groups in total. The first-order valence-electron chi connectivity index (χ1n) is 6.51. The van der Waals surface area contributed by atoms with E-state index in [1.165, 1.54) is 6.07 Å². The molecule has 0 bridgehead atoms. The second-order valence-electron chi connectivity index (χ2n) is 4.56. The number of halogens is 1. The maximum absolute atomic E-state index is 14.0. The number of nitrogens with two attached hydrogens (primary N) is 1. The van der Waals surface area contributed by atoms with Gasteiger partial charge in [-0.1, -0.05) is 19.4 Å². The number of aliphatic hydroxyl groups excluding tert-OH is 1. The van der Waals surface area contributed by atoms with Crippen molar-refractivity contribution >= 4 is 5.69 Å². The Morgan fingerprint density at radius 1 is 1.39 bits per heavy atom. The van der Waals surface area contributed by atoms with Crippen molar-refractivity contribution in [3.63, 3.8) is 0 Å². The molecule has 1 aromatic carbocycles. The van der Waals surface area contributed by atoms with Crippen LogP contribution in [0.25, 0.3) is 0 Å². The van der Waals surface area contributed by atoms with Crippen LogP contribution < -0.4 is 10.6 Å². The third-order valence-electron chi connectivity index (χ3n) is 2.99. The summed E-state index contributed by atoms with van der Waals surface area (Å²) >= 11 is 0. The van der Waals surface area contributed by atoms with Gasteiger partial charge in [0.25, 0.3) is 0 Å². The Labute approximate surface area is 108 Å². The van der Waals surface area contributed by atoms with E-state index < -0.39 is 0 Å². The topological polar surface area (TPSA) is 49.5 Å². The summed E-state index contributed by atoms with van der Waals surface area (Å²) in [7, 11) is 0. The Morgan fingerprint density at radius 2 is 2.11 bits per heavy atom. The van der Waals surface area contributed by atoms with Gasteiger partial charge in [0.1, 0.15) is 5.82 Å². The summed E-state index contributed by atoms with van der Waals surface area (Å²) in [6.45, 7) is 5.15. The fourth-order valence-electron chi connectivity index (χ4n) is 1.89. The van der Waals surface area contributed by atoms with Crippen molar-refractivity contribution in [2.45, 2.75) is 32.7 Å². The van der Waals surface area contributed by atoms with Crippen LogP contribution in [0.1, 0.15) is 38.3 Å². The second-order valence-corrected chi connectivity index (χ2v) is 4.56. The lowest BCUT2D eigenvalue weighted by atomic mass is 10.1. The van der Waals surface area contributed by atoms with Crippen molar-refractivity contribution in [2.24, 2.45) is 5.73 Å². The van der Waals surface area contributed by atoms with Crippen LogP contribution in [0.4, 0.5) is 10.1 Å². The summed E-state index contributed by atoms with van der Waals surface area (Å²) in [5, 5.41) is 9.05. The molecule has 0 fully saturated rings. The number of aliphatic hydroxyl groups is 1. The van der Waals surface area contributed by atoms with E-state index in [2.05, 4.69) is 6.92 Å². The monoisotopic (exact) mass is 254 g/mol. The first-order chi connectivity index (χ1) is 8.60. The van der Waals surface area contributed by atoms with Gasteiger partial charge in [-0.15, -0.1) is 0 Å². The van der Waals surface area contributed by atoms with Crippen molar-refractivity contribution in [3.05, 3.63) is 29.6 Å². The predicted octanol–water partition coefficient (Wildman–Crippen LogP) is 2.44. The Morgan fingerprint density at radius 3 is 2.61 bits per heavy atom. The Kier molecular flexibility index (Phi) is 6.09. The average molecular weight is 254 g/mol. The van der Waals surface area contributed by atoms with Gasteiger partial charge in [0.2, 0.25) is 0 Å². The van der Waals surface area contributed by atoms with E-state index in [0.29, 0.717) is 12.2 Å². The summed E-state index contributed by atoms with van der Waals surface area (Å²) < 4.78 is 14.0. The molecule has 18 heavy (non-hydrogen) atoms. The fourth-order valence-corrected chi connectivity index (χ4v) is 1.89. The van der Waals surface area contributed by atoms with Crippen LogP contribution in [0.15, 0.2) is 18.2 Å². The first kappa shape index (κ1) is 14.9. The van der Waals surface area contributed by atoms with Crippen LogP contribution in [0.3, 0.4) is 0 Å². The number of rotatable bonds is 7. The number of hydrogen-bond acceptors (Lipinski definition) is 3. The predicted molar refractivity (Wildman–Crippen MR) is 73.2 cm³/mol. The van der Waals surface area contributed by atoms with Gasteiger partial charge >= 0.3 is 0 Å². The van der Waals surface area contributed by atoms with E-state index in [0.717, 1.165) is 24.9 Å². The lowest BCUT2D eigenvalue weighted by Gasteiger charge is -2.24. The summed E-state index contributed by atoms with van der Waals surface area (Å²) in [6, 6.07) is 4.91. The van der Waals surface area contributed by atoms with E-state index in [4.69, 9.17) is 10.8 Å². The molecule has 3 nitrogen and oxygen atoms in total. The third-order valence-corrected chi connectivity index (χ3v) is 2.99. The van der Waals surface area contributed by atoms with Crippen LogP contribution in [0, 0.1) is 5.82 Å². The van der Waals surface area contributed by atoms with Crippen LogP contribution in [-0.2, 0) is 0 Å². The molecule has 0 saturated heterocycles. The molecule has 4 heteroatoms. The Hall–Kier alpha value is -1.13. The van der Waals surface area contributed by atoms with Crippen molar-refractivity contribution < 1.29 is 9.50 Å². The van der Waals surface area contributed by atoms with E-state index in [9.17, 15) is 4.39 Å². The molecular formula is C14H23FN2O. The highest BCUT2D eigenvalue weighted by atomic mass is 19.1. The Balaban J connectivity index is 2.90. The van der Waals surface area contributed by atoms with Gasteiger partial charge in [0, 0.05) is 19.1 Å². The molecule has 0 unspecified atom stereocenters. The lowest BCUT2D eigenvalue weighted by molar-refractivity contribution is 0.301. The highest BCUT2D eigenvalue weighted by Gasteiger charge is 2.12. The van der Waals surface area contributed by atoms with Gasteiger partial charge in [0.05, 0.1) is 12.3 Å². The molecule has 1 atom stereocenters. The molecule has 0 saturated carbocycles. The number of nitrogens with zero attached hydrogens (tertiary/aromatic N) is 1. The van der Waals surface area contributed by atoms with Gasteiger partial charge in [-0.05, 0) is 31.0 Å². The molecule has 0 heterocycles. The average Bonchev–Trinajstić information content (AvgIpc) is 2.34. The van der Waals surface area contributed by atoms with Gasteiger partial charge < -0.3 is 15.7 Å². The van der Waals surface area contributed by atoms with E-state index in [1.54, 1.807) is 6.07 Å². The van der Waals surface area contributed by atoms with Crippen LogP contribution in [0.5, 0.6) is 0 Å². The van der Waals surface area contributed by atoms with E-state index in [-0.39, 0.29) is 18.5 Å². The van der Waals surface area contributed by atoms with Gasteiger partial charge in [-0.25, -0.2) is 4.39 Å². The maximum Gasteiger partial charge on any atom is 0.146 e. The molecule has 0 radical (unpaired) electrons. The van der Waals surface area contributed by atoms with Gasteiger partial charge in [-0.3, -0.25) is 0 Å². The minimum atomic E-state index is -0.269. The fraction of sp³-hybridized carbons (Fsp3) is 0.571. The Bertz CT molecular complexity index is 369. The third kappa shape index (κ3) is 3.96. The van der Waals surface area contributed by atoms with Crippen molar-refractivity contribution in [3.8, 4) is 0 Å². The van der Waals surface area contributed by atoms with Crippen LogP contribution in [-0.4, -0.2) is 24.8 Å². The number of benzene rings is 1. The number of anilines is 1. The summed E-state index contributed by atoms with van der Waals surface area (Å²) in [6.07, 6.45) is 2.02. The molecule has 1 aromatic rings. The largest absolute Gasteiger partial charge is 0.395 e. The summed E-state index contributed by atoms with van der Waals surface area (Å²) in [4.78, 5) is 1.88. The van der Waals surface area contributed by atoms with Crippen molar-refractivity contribution in [1.82, 2.24) is 0 Å². The number of unbranched alkanes of at least 4 members (excludes halogenated alkanes) is 1. The molecule has 102 valence electrons. The highest BCUT2D eigenvalue weighted by Crippen LogP contribution is 2.23. The van der Waals surface area contributed by atoms with E-state index >= 15 is 0 Å². The molecule has 0 aliphatic carbocycles. The van der Waals surface area contributed by atoms with E-state index in [1.807, 2.05) is 17.9 Å². The number of hydrogen-bond donors (Lipinski definition) is 2. The lowest BCUT2D eigenvalue weighted by Crippen LogP contribution is -2.28. The molecule has 0 aliphatic rings. The molecular weight excluding hydrogens is 231 g/mol. The first-order valence-corrected chi connectivity index (χ1v) is 6.51. The minimum absolute atomic E-state index is 0.0260. The standard InChI is InChI=1S/C14H23FN2O/c1-3-4-7-17(8-9-18)14-6-5-12(11(2)16)10-13(14)15/h5-6,10-11,18H,3-4,7-9,16H2,1-2H3/t11-/m0/s1. The molecule has 0 aromatic heterocycles. The normalized spacial score (nSPS) is 12.5. The highest BCUT2D eigenvalue weighted by molar-refractivity contribution is 5.49. The van der Waals surface area contributed by atoms with Gasteiger partial charge in [-0.2, -0.15) is 0 Å². The molecule has 1 rings (SSSR count). The zero-order valence-electron chi connectivity index (χ0n) is 11.2. The quantitative estimate of drug-likeness (QED) is 0.785. The van der Waals surface area contributed by atoms with Crippen molar-refractivity contribution in [2.75, 3.05) is 24.6 Å². The molecule has 0 amide bonds. The smallest absolute Gasteiger partial charge is 0.146 e. The summed E-state index contributed by atoms with van der Waals surface area (Å²) in [5.74, 6) is -0.269. The van der Waals surface area contributed by atoms with Gasteiger partial charge in [0.15, 0.2) is 0 Å². The second kappa shape index (κ2) is 7.34. The van der Waals surface area contributed by atoms with Crippen LogP contribution >= 0.6 is 0 Å². The zero-order chi connectivity index (χ0) is 13.5. The maximum atomic E-state index is 14.0. The molecule has 0 spiro atoms. The minimum Gasteiger partial charge on any atom is -0.395 e. The van der Waals surface area contributed by atoms with Crippen molar-refractivity contribution in [1.29, 1.82) is 0 Å². The summed E-state index contributed by atoms with van der Waals surface area (Å²) in [5.41, 5.74) is 7.06. The SMILES string of the molecule is CCCCN(CCO)c1ccc([C@H](C)N)cc1F. The zero-order valence-corrected chi connectivity index (χ0v) is 11.2. The molecule has 0 aliphatic heterocycles. The van der Waals surface area contributed by atoms with Crippen LogP contribution in [0.2, 0.25) is 0 Å².